The third-order valence-electron chi connectivity index (χ3n) is 3.03. The maximum Gasteiger partial charge on any atom is 0.201 e. The van der Waals surface area contributed by atoms with Crippen molar-refractivity contribution in [2.75, 3.05) is 12.8 Å². The Balaban J connectivity index is 2.65. The van der Waals surface area contributed by atoms with Gasteiger partial charge in [0.1, 0.15) is 10.4 Å². The Morgan fingerprint density at radius 3 is 2.22 bits per heavy atom. The van der Waals surface area contributed by atoms with E-state index in [1.807, 2.05) is 25.5 Å². The highest BCUT2D eigenvalue weighted by Gasteiger charge is 2.15. The first-order valence-corrected chi connectivity index (χ1v) is 6.38. The lowest BCUT2D eigenvalue weighted by Crippen LogP contribution is -1.99. The number of imidazole rings is 1. The van der Waals surface area contributed by atoms with Crippen molar-refractivity contribution in [3.8, 4) is 17.0 Å². The van der Waals surface area contributed by atoms with Crippen LogP contribution >= 0.6 is 15.9 Å². The summed E-state index contributed by atoms with van der Waals surface area (Å²) in [6, 6.07) is 4.15. The number of methoxy groups -OCH3 is 1. The summed E-state index contributed by atoms with van der Waals surface area (Å²) in [4.78, 5) is 4.22. The van der Waals surface area contributed by atoms with Gasteiger partial charge in [-0.2, -0.15) is 0 Å². The van der Waals surface area contributed by atoms with Gasteiger partial charge in [0.15, 0.2) is 0 Å². The van der Waals surface area contributed by atoms with E-state index in [1.165, 1.54) is 0 Å². The van der Waals surface area contributed by atoms with E-state index in [1.54, 1.807) is 7.11 Å². The number of hydrogen-bond donors (Lipinski definition) is 1. The minimum absolute atomic E-state index is 0.489. The maximum absolute atomic E-state index is 5.81. The monoisotopic (exact) mass is 309 g/mol. The highest BCUT2D eigenvalue weighted by Crippen LogP contribution is 2.34. The van der Waals surface area contributed by atoms with E-state index in [2.05, 4.69) is 33.0 Å². The second-order valence-corrected chi connectivity index (χ2v) is 5.06. The smallest absolute Gasteiger partial charge is 0.201 e. The number of halogens is 1. The molecule has 5 heteroatoms. The van der Waals surface area contributed by atoms with Crippen molar-refractivity contribution in [1.29, 1.82) is 0 Å². The number of hydrogen-bond acceptors (Lipinski definition) is 3. The SMILES string of the molecule is COc1c(C)cc(-c2c(Br)nc(N)n2C)cc1C. The number of nitrogens with zero attached hydrogens (tertiary/aromatic N) is 2. The molecule has 96 valence electrons. The summed E-state index contributed by atoms with van der Waals surface area (Å²) in [6.45, 7) is 4.06. The van der Waals surface area contributed by atoms with Gasteiger partial charge in [-0.3, -0.25) is 0 Å². The van der Waals surface area contributed by atoms with Gasteiger partial charge in [0.25, 0.3) is 0 Å². The lowest BCUT2D eigenvalue weighted by molar-refractivity contribution is 0.408. The second-order valence-electron chi connectivity index (χ2n) is 4.31. The lowest BCUT2D eigenvalue weighted by atomic mass is 10.0. The maximum atomic E-state index is 5.81. The first kappa shape index (κ1) is 13.0. The molecule has 0 spiro atoms. The molecule has 2 N–H and O–H groups in total. The van der Waals surface area contributed by atoms with Crippen LogP contribution in [0.1, 0.15) is 11.1 Å². The number of nitrogen functional groups attached to an aromatic ring is 1. The molecular formula is C13H16BrN3O. The number of nitrogens with two attached hydrogens (primary N) is 1. The lowest BCUT2D eigenvalue weighted by Gasteiger charge is -2.12. The zero-order valence-corrected chi connectivity index (χ0v) is 12.5. The van der Waals surface area contributed by atoms with Crippen LogP contribution in [-0.4, -0.2) is 16.7 Å². The highest BCUT2D eigenvalue weighted by molar-refractivity contribution is 9.10. The van der Waals surface area contributed by atoms with Crippen molar-refractivity contribution in [2.45, 2.75) is 13.8 Å². The third-order valence-corrected chi connectivity index (χ3v) is 3.58. The second kappa shape index (κ2) is 4.65. The van der Waals surface area contributed by atoms with Gasteiger partial charge >= 0.3 is 0 Å². The molecule has 0 aliphatic carbocycles. The molecule has 0 atom stereocenters. The molecule has 0 amide bonds. The fourth-order valence-corrected chi connectivity index (χ4v) is 2.88. The molecule has 1 heterocycles. The zero-order chi connectivity index (χ0) is 13.4. The van der Waals surface area contributed by atoms with Crippen LogP contribution in [0.5, 0.6) is 5.75 Å². The largest absolute Gasteiger partial charge is 0.496 e. The first-order valence-electron chi connectivity index (χ1n) is 5.59. The molecule has 18 heavy (non-hydrogen) atoms. The Hall–Kier alpha value is -1.49. The van der Waals surface area contributed by atoms with Crippen LogP contribution in [0.15, 0.2) is 16.7 Å². The predicted molar refractivity (Wildman–Crippen MR) is 76.8 cm³/mol. The first-order chi connectivity index (χ1) is 8.45. The van der Waals surface area contributed by atoms with E-state index in [-0.39, 0.29) is 0 Å². The van der Waals surface area contributed by atoms with Crippen molar-refractivity contribution >= 4 is 21.9 Å². The van der Waals surface area contributed by atoms with Crippen molar-refractivity contribution in [3.05, 3.63) is 27.9 Å². The normalized spacial score (nSPS) is 10.7. The van der Waals surface area contributed by atoms with E-state index in [0.717, 1.165) is 32.7 Å². The Morgan fingerprint density at radius 2 is 1.83 bits per heavy atom. The summed E-state index contributed by atoms with van der Waals surface area (Å²) in [5, 5.41) is 0. The van der Waals surface area contributed by atoms with Crippen LogP contribution in [0.25, 0.3) is 11.3 Å². The fourth-order valence-electron chi connectivity index (χ4n) is 2.20. The van der Waals surface area contributed by atoms with Crippen LogP contribution in [-0.2, 0) is 7.05 Å². The molecule has 0 aliphatic heterocycles. The van der Waals surface area contributed by atoms with E-state index in [0.29, 0.717) is 5.95 Å². The zero-order valence-electron chi connectivity index (χ0n) is 10.9. The Labute approximate surface area is 115 Å². The van der Waals surface area contributed by atoms with E-state index in [4.69, 9.17) is 10.5 Å². The van der Waals surface area contributed by atoms with Gasteiger partial charge in [0.2, 0.25) is 5.95 Å². The minimum atomic E-state index is 0.489. The summed E-state index contributed by atoms with van der Waals surface area (Å²) in [7, 11) is 3.59. The molecule has 0 aliphatic rings. The van der Waals surface area contributed by atoms with Crippen LogP contribution in [0, 0.1) is 13.8 Å². The van der Waals surface area contributed by atoms with Gasteiger partial charge in [0.05, 0.1) is 12.8 Å². The quantitative estimate of drug-likeness (QED) is 0.927. The molecule has 0 unspecified atom stereocenters. The molecule has 4 nitrogen and oxygen atoms in total. The molecule has 2 rings (SSSR count). The van der Waals surface area contributed by atoms with Crippen molar-refractivity contribution in [2.24, 2.45) is 7.05 Å². The molecule has 0 saturated carbocycles. The summed E-state index contributed by atoms with van der Waals surface area (Å²) >= 11 is 3.45. The molecule has 0 bridgehead atoms. The summed E-state index contributed by atoms with van der Waals surface area (Å²) in [6.07, 6.45) is 0. The summed E-state index contributed by atoms with van der Waals surface area (Å²) in [5.74, 6) is 1.41. The molecular weight excluding hydrogens is 294 g/mol. The fraction of sp³-hybridized carbons (Fsp3) is 0.308. The number of aryl methyl sites for hydroxylation is 2. The van der Waals surface area contributed by atoms with Gasteiger partial charge in [-0.1, -0.05) is 0 Å². The average Bonchev–Trinajstić information content (AvgIpc) is 2.52. The number of aromatic nitrogens is 2. The van der Waals surface area contributed by atoms with Gasteiger partial charge in [-0.15, -0.1) is 0 Å². The van der Waals surface area contributed by atoms with Crippen molar-refractivity contribution in [1.82, 2.24) is 9.55 Å². The van der Waals surface area contributed by atoms with Gasteiger partial charge in [-0.05, 0) is 53.0 Å². The number of ether oxygens (including phenoxy) is 1. The molecule has 0 fully saturated rings. The Morgan fingerprint density at radius 1 is 1.28 bits per heavy atom. The van der Waals surface area contributed by atoms with Crippen LogP contribution in [0.2, 0.25) is 0 Å². The molecule has 2 aromatic rings. The van der Waals surface area contributed by atoms with Crippen molar-refractivity contribution < 1.29 is 4.74 Å². The Kier molecular flexibility index (Phi) is 3.34. The number of anilines is 1. The van der Waals surface area contributed by atoms with E-state index >= 15 is 0 Å². The van der Waals surface area contributed by atoms with Gasteiger partial charge < -0.3 is 15.0 Å². The summed E-state index contributed by atoms with van der Waals surface area (Å²) < 4.78 is 8.00. The van der Waals surface area contributed by atoms with Gasteiger partial charge in [-0.25, -0.2) is 4.98 Å². The number of rotatable bonds is 2. The predicted octanol–water partition coefficient (Wildman–Crippen LogP) is 3.06. The Bertz CT molecular complexity index is 582. The summed E-state index contributed by atoms with van der Waals surface area (Å²) in [5.41, 5.74) is 10.0. The van der Waals surface area contributed by atoms with Crippen LogP contribution in [0.3, 0.4) is 0 Å². The minimum Gasteiger partial charge on any atom is -0.496 e. The molecule has 1 aromatic heterocycles. The van der Waals surface area contributed by atoms with Gasteiger partial charge in [0, 0.05) is 12.6 Å². The number of benzene rings is 1. The molecule has 0 saturated heterocycles. The van der Waals surface area contributed by atoms with Crippen LogP contribution in [0.4, 0.5) is 5.95 Å². The van der Waals surface area contributed by atoms with E-state index < -0.39 is 0 Å². The van der Waals surface area contributed by atoms with Crippen LogP contribution < -0.4 is 10.5 Å². The van der Waals surface area contributed by atoms with E-state index in [9.17, 15) is 0 Å². The standard InChI is InChI=1S/C13H16BrN3O/c1-7-5-9(6-8(2)11(7)18-4)10-12(14)16-13(15)17(10)3/h5-6H,1-4H3,(H2,15,16). The molecule has 0 radical (unpaired) electrons. The highest BCUT2D eigenvalue weighted by atomic mass is 79.9. The van der Waals surface area contributed by atoms with Crippen molar-refractivity contribution in [3.63, 3.8) is 0 Å². The topological polar surface area (TPSA) is 53.1 Å². The average molecular weight is 310 g/mol. The third kappa shape index (κ3) is 1.99. The molecule has 1 aromatic carbocycles.